The Bertz CT molecular complexity index is 661. The molecule has 106 valence electrons. The van der Waals surface area contributed by atoms with Gasteiger partial charge in [-0.1, -0.05) is 5.16 Å². The van der Waals surface area contributed by atoms with Gasteiger partial charge in [0.05, 0.1) is 23.6 Å². The van der Waals surface area contributed by atoms with Crippen molar-refractivity contribution in [1.29, 1.82) is 0 Å². The van der Waals surface area contributed by atoms with E-state index in [0.717, 1.165) is 0 Å². The molecule has 1 aromatic heterocycles. The van der Waals surface area contributed by atoms with Crippen LogP contribution in [-0.4, -0.2) is 26.8 Å². The van der Waals surface area contributed by atoms with Crippen molar-refractivity contribution in [2.75, 3.05) is 6.61 Å². The number of halogens is 2. The third kappa shape index (κ3) is 2.46. The lowest BCUT2D eigenvalue weighted by Gasteiger charge is -2.00. The van der Waals surface area contributed by atoms with Crippen LogP contribution in [0.25, 0.3) is 11.5 Å². The molecule has 1 heterocycles. The van der Waals surface area contributed by atoms with Gasteiger partial charge in [0.25, 0.3) is 11.6 Å². The van der Waals surface area contributed by atoms with Crippen LogP contribution in [0.15, 0.2) is 16.7 Å². The van der Waals surface area contributed by atoms with Gasteiger partial charge in [-0.15, -0.1) is 0 Å². The molecule has 0 amide bonds. The van der Waals surface area contributed by atoms with Crippen molar-refractivity contribution in [3.63, 3.8) is 0 Å². The van der Waals surface area contributed by atoms with Crippen molar-refractivity contribution in [1.82, 2.24) is 10.1 Å². The average molecular weight is 286 g/mol. The number of aromatic nitrogens is 2. The molecular weight excluding hydrogens is 278 g/mol. The second-order valence-corrected chi connectivity index (χ2v) is 3.79. The zero-order valence-electron chi connectivity index (χ0n) is 9.79. The number of rotatable bonds is 4. The molecular formula is C10H8F2N4O4. The first-order valence-corrected chi connectivity index (χ1v) is 5.28. The molecule has 0 saturated carbocycles. The monoisotopic (exact) mass is 286 g/mol. The predicted molar refractivity (Wildman–Crippen MR) is 60.3 cm³/mol. The van der Waals surface area contributed by atoms with Gasteiger partial charge in [0, 0.05) is 0 Å². The molecule has 1 atom stereocenters. The van der Waals surface area contributed by atoms with Gasteiger partial charge < -0.3 is 15.4 Å². The van der Waals surface area contributed by atoms with Gasteiger partial charge in [-0.3, -0.25) is 10.1 Å². The van der Waals surface area contributed by atoms with Crippen LogP contribution >= 0.6 is 0 Å². The average Bonchev–Trinajstić information content (AvgIpc) is 2.89. The number of aliphatic hydroxyl groups excluding tert-OH is 1. The molecule has 20 heavy (non-hydrogen) atoms. The van der Waals surface area contributed by atoms with Crippen molar-refractivity contribution >= 4 is 5.69 Å². The fourth-order valence-electron chi connectivity index (χ4n) is 1.44. The molecule has 1 unspecified atom stereocenters. The summed E-state index contributed by atoms with van der Waals surface area (Å²) in [5.74, 6) is -3.17. The quantitative estimate of drug-likeness (QED) is 0.631. The Morgan fingerprint density at radius 1 is 1.45 bits per heavy atom. The minimum Gasteiger partial charge on any atom is -0.394 e. The Morgan fingerprint density at radius 3 is 2.70 bits per heavy atom. The number of hydrogen-bond acceptors (Lipinski definition) is 7. The number of hydrogen-bond donors (Lipinski definition) is 2. The third-order valence-electron chi connectivity index (χ3n) is 2.44. The normalized spacial score (nSPS) is 12.4. The number of aliphatic hydroxyl groups is 1. The Hall–Kier alpha value is -2.46. The molecule has 0 bridgehead atoms. The summed E-state index contributed by atoms with van der Waals surface area (Å²) in [6, 6.07) is 0.0484. The van der Waals surface area contributed by atoms with Gasteiger partial charge in [0.1, 0.15) is 5.56 Å². The first kappa shape index (κ1) is 14.0. The van der Waals surface area contributed by atoms with E-state index in [1.165, 1.54) is 0 Å². The summed E-state index contributed by atoms with van der Waals surface area (Å²) in [6.45, 7) is -0.473. The first-order valence-electron chi connectivity index (χ1n) is 5.28. The highest BCUT2D eigenvalue weighted by atomic mass is 19.2. The summed E-state index contributed by atoms with van der Waals surface area (Å²) in [7, 11) is 0. The summed E-state index contributed by atoms with van der Waals surface area (Å²) >= 11 is 0. The van der Waals surface area contributed by atoms with Gasteiger partial charge in [0.15, 0.2) is 17.5 Å². The molecule has 0 fully saturated rings. The summed E-state index contributed by atoms with van der Waals surface area (Å²) in [6.07, 6.45) is 0. The number of nitro groups is 1. The molecule has 0 aliphatic rings. The van der Waals surface area contributed by atoms with E-state index in [9.17, 15) is 18.9 Å². The maximum atomic E-state index is 13.2. The minimum atomic E-state index is -1.37. The Labute approximate surface area is 110 Å². The highest BCUT2D eigenvalue weighted by Crippen LogP contribution is 2.31. The molecule has 0 aliphatic carbocycles. The van der Waals surface area contributed by atoms with Crippen LogP contribution in [0.1, 0.15) is 11.9 Å². The number of nitro benzene ring substituents is 1. The van der Waals surface area contributed by atoms with E-state index in [1.807, 2.05) is 0 Å². The second kappa shape index (κ2) is 5.27. The molecule has 3 N–H and O–H groups in total. The molecule has 0 aliphatic heterocycles. The van der Waals surface area contributed by atoms with Crippen LogP contribution in [0.4, 0.5) is 14.5 Å². The maximum Gasteiger partial charge on any atom is 0.285 e. The SMILES string of the molecule is NC(CO)c1noc(-c2cc(F)c(F)cc2[N+](=O)[O-])n1. The van der Waals surface area contributed by atoms with E-state index >= 15 is 0 Å². The minimum absolute atomic E-state index is 0.110. The van der Waals surface area contributed by atoms with Gasteiger partial charge >= 0.3 is 0 Å². The zero-order valence-corrected chi connectivity index (χ0v) is 9.79. The van der Waals surface area contributed by atoms with Crippen molar-refractivity contribution in [2.24, 2.45) is 5.73 Å². The molecule has 0 saturated heterocycles. The maximum absolute atomic E-state index is 13.2. The van der Waals surface area contributed by atoms with Crippen LogP contribution in [-0.2, 0) is 0 Å². The highest BCUT2D eigenvalue weighted by Gasteiger charge is 2.25. The molecule has 10 heteroatoms. The van der Waals surface area contributed by atoms with E-state index < -0.39 is 40.8 Å². The smallest absolute Gasteiger partial charge is 0.285 e. The van der Waals surface area contributed by atoms with Crippen LogP contribution in [0.3, 0.4) is 0 Å². The molecule has 2 aromatic rings. The van der Waals surface area contributed by atoms with Gasteiger partial charge in [-0.05, 0) is 6.07 Å². The Morgan fingerprint density at radius 2 is 2.10 bits per heavy atom. The highest BCUT2D eigenvalue weighted by molar-refractivity contribution is 5.66. The lowest BCUT2D eigenvalue weighted by atomic mass is 10.1. The fraction of sp³-hybridized carbons (Fsp3) is 0.200. The molecule has 8 nitrogen and oxygen atoms in total. The molecule has 0 spiro atoms. The van der Waals surface area contributed by atoms with Crippen LogP contribution < -0.4 is 5.73 Å². The lowest BCUT2D eigenvalue weighted by molar-refractivity contribution is -0.384. The standard InChI is InChI=1S/C10H8F2N4O4/c11-5-1-4(8(16(18)19)2-6(5)12)10-14-9(15-20-10)7(13)3-17/h1-2,7,17H,3,13H2. The molecule has 0 radical (unpaired) electrons. The van der Waals surface area contributed by atoms with Crippen molar-refractivity contribution in [2.45, 2.75) is 6.04 Å². The summed E-state index contributed by atoms with van der Waals surface area (Å²) in [5.41, 5.74) is 4.33. The van der Waals surface area contributed by atoms with E-state index in [4.69, 9.17) is 15.4 Å². The summed E-state index contributed by atoms with van der Waals surface area (Å²) in [4.78, 5) is 13.6. The van der Waals surface area contributed by atoms with Crippen LogP contribution in [0, 0.1) is 21.7 Å². The number of nitrogens with zero attached hydrogens (tertiary/aromatic N) is 3. The topological polar surface area (TPSA) is 128 Å². The van der Waals surface area contributed by atoms with Crippen LogP contribution in [0.5, 0.6) is 0 Å². The second-order valence-electron chi connectivity index (χ2n) is 3.79. The van der Waals surface area contributed by atoms with Gasteiger partial charge in [0.2, 0.25) is 0 Å². The van der Waals surface area contributed by atoms with E-state index in [1.54, 1.807) is 0 Å². The summed E-state index contributed by atoms with van der Waals surface area (Å²) in [5, 5.41) is 23.1. The molecule has 2 rings (SSSR count). The third-order valence-corrected chi connectivity index (χ3v) is 2.44. The van der Waals surface area contributed by atoms with E-state index in [-0.39, 0.29) is 11.4 Å². The van der Waals surface area contributed by atoms with E-state index in [2.05, 4.69) is 10.1 Å². The van der Waals surface area contributed by atoms with Gasteiger partial charge in [-0.2, -0.15) is 4.98 Å². The predicted octanol–water partition coefficient (Wildman–Crippen LogP) is 0.915. The number of benzene rings is 1. The van der Waals surface area contributed by atoms with Crippen LogP contribution in [0.2, 0.25) is 0 Å². The number of nitrogens with two attached hydrogens (primary N) is 1. The van der Waals surface area contributed by atoms with Crippen molar-refractivity contribution < 1.29 is 23.3 Å². The van der Waals surface area contributed by atoms with Crippen molar-refractivity contribution in [3.05, 3.63) is 39.7 Å². The Balaban J connectivity index is 2.54. The van der Waals surface area contributed by atoms with Crippen molar-refractivity contribution in [3.8, 4) is 11.5 Å². The zero-order chi connectivity index (χ0) is 14.9. The largest absolute Gasteiger partial charge is 0.394 e. The lowest BCUT2D eigenvalue weighted by Crippen LogP contribution is -2.15. The Kier molecular flexibility index (Phi) is 3.68. The first-order chi connectivity index (χ1) is 9.43. The summed E-state index contributed by atoms with van der Waals surface area (Å²) < 4.78 is 30.9. The van der Waals surface area contributed by atoms with Gasteiger partial charge in [-0.25, -0.2) is 8.78 Å². The fourth-order valence-corrected chi connectivity index (χ4v) is 1.44. The van der Waals surface area contributed by atoms with E-state index in [0.29, 0.717) is 12.1 Å². The molecule has 1 aromatic carbocycles.